The number of anilines is 2. The Balaban J connectivity index is 2.93. The molecule has 4 heteroatoms. The molecule has 1 heterocycles. The molecule has 0 amide bonds. The topological polar surface area (TPSA) is 80.7 Å². The van der Waals surface area contributed by atoms with Crippen molar-refractivity contribution in [3.63, 3.8) is 0 Å². The van der Waals surface area contributed by atoms with Crippen molar-refractivity contribution in [1.29, 1.82) is 0 Å². The summed E-state index contributed by atoms with van der Waals surface area (Å²) in [5, 5.41) is 0. The number of nitrogens with two attached hydrogens (primary N) is 2. The Kier molecular flexibility index (Phi) is 1.03. The number of benzene rings is 1. The highest BCUT2D eigenvalue weighted by Gasteiger charge is 2.01. The van der Waals surface area contributed by atoms with Gasteiger partial charge in [0.05, 0.1) is 23.2 Å². The Morgan fingerprint density at radius 2 is 2.09 bits per heavy atom. The summed E-state index contributed by atoms with van der Waals surface area (Å²) in [6.45, 7) is 0. The van der Waals surface area contributed by atoms with Gasteiger partial charge in [0, 0.05) is 0 Å². The maximum Gasteiger partial charge on any atom is 0.113 e. The number of hydrogen-bond donors (Lipinski definition) is 3. The van der Waals surface area contributed by atoms with E-state index >= 15 is 0 Å². The summed E-state index contributed by atoms with van der Waals surface area (Å²) in [5.41, 5.74) is 14.0. The summed E-state index contributed by atoms with van der Waals surface area (Å²) in [7, 11) is 0. The predicted molar refractivity (Wildman–Crippen MR) is 44.9 cm³/mol. The van der Waals surface area contributed by atoms with Crippen molar-refractivity contribution in [2.75, 3.05) is 11.5 Å². The number of fused-ring (bicyclic) bond motifs is 1. The number of hydrogen-bond acceptors (Lipinski definition) is 3. The smallest absolute Gasteiger partial charge is 0.113 e. The van der Waals surface area contributed by atoms with Gasteiger partial charge in [0.25, 0.3) is 0 Å². The Labute approximate surface area is 63.2 Å². The molecule has 0 atom stereocenters. The predicted octanol–water partition coefficient (Wildman–Crippen LogP) is 0.727. The van der Waals surface area contributed by atoms with Crippen LogP contribution in [0, 0.1) is 0 Å². The van der Waals surface area contributed by atoms with E-state index in [4.69, 9.17) is 11.5 Å². The number of nitrogens with zero attached hydrogens (tertiary/aromatic N) is 1. The second-order valence-corrected chi connectivity index (χ2v) is 2.37. The molecule has 5 N–H and O–H groups in total. The van der Waals surface area contributed by atoms with Crippen LogP contribution in [0.4, 0.5) is 11.4 Å². The van der Waals surface area contributed by atoms with E-state index in [1.54, 1.807) is 12.4 Å². The van der Waals surface area contributed by atoms with Crippen molar-refractivity contribution >= 4 is 22.4 Å². The third kappa shape index (κ3) is 0.724. The van der Waals surface area contributed by atoms with Gasteiger partial charge in [-0.1, -0.05) is 0 Å². The minimum absolute atomic E-state index is 0.545. The average Bonchev–Trinajstić information content (AvgIpc) is 2.45. The normalized spacial score (nSPS) is 10.5. The van der Waals surface area contributed by atoms with Crippen LogP contribution in [0.1, 0.15) is 0 Å². The monoisotopic (exact) mass is 148 g/mol. The van der Waals surface area contributed by atoms with Crippen LogP contribution in [0.25, 0.3) is 11.0 Å². The number of nitrogen functional groups attached to an aromatic ring is 2. The molecule has 0 saturated carbocycles. The zero-order valence-corrected chi connectivity index (χ0v) is 5.83. The van der Waals surface area contributed by atoms with Crippen molar-refractivity contribution in [2.45, 2.75) is 0 Å². The number of aromatic nitrogens is 2. The third-order valence-corrected chi connectivity index (χ3v) is 1.66. The zero-order chi connectivity index (χ0) is 7.84. The first kappa shape index (κ1) is 6.03. The van der Waals surface area contributed by atoms with Gasteiger partial charge < -0.3 is 16.5 Å². The molecule has 0 aliphatic heterocycles. The highest BCUT2D eigenvalue weighted by molar-refractivity contribution is 5.93. The van der Waals surface area contributed by atoms with Crippen LogP contribution < -0.4 is 11.5 Å². The second-order valence-electron chi connectivity index (χ2n) is 2.37. The van der Waals surface area contributed by atoms with Crippen molar-refractivity contribution < 1.29 is 0 Å². The highest BCUT2D eigenvalue weighted by Crippen LogP contribution is 2.22. The van der Waals surface area contributed by atoms with E-state index in [0.29, 0.717) is 11.4 Å². The summed E-state index contributed by atoms with van der Waals surface area (Å²) in [4.78, 5) is 6.96. The van der Waals surface area contributed by atoms with E-state index in [9.17, 15) is 0 Å². The van der Waals surface area contributed by atoms with Crippen molar-refractivity contribution in [1.82, 2.24) is 9.97 Å². The van der Waals surface area contributed by atoms with Gasteiger partial charge in [-0.3, -0.25) is 0 Å². The fourth-order valence-electron chi connectivity index (χ4n) is 1.05. The van der Waals surface area contributed by atoms with Gasteiger partial charge in [-0.15, -0.1) is 0 Å². The number of rotatable bonds is 0. The summed E-state index contributed by atoms with van der Waals surface area (Å²) < 4.78 is 0. The highest BCUT2D eigenvalue weighted by atomic mass is 14.9. The molecule has 2 rings (SSSR count). The lowest BCUT2D eigenvalue weighted by Crippen LogP contribution is -1.94. The maximum absolute atomic E-state index is 5.66. The summed E-state index contributed by atoms with van der Waals surface area (Å²) in [6.07, 6.45) is 1.60. The van der Waals surface area contributed by atoms with Gasteiger partial charge in [0.15, 0.2) is 0 Å². The standard InChI is InChI=1S/C7H8N4/c8-4-1-2-5-7(6(4)9)11-3-10-5/h1-3H,8-9H2,(H,10,11). The fraction of sp³-hybridized carbons (Fsp3) is 0. The molecule has 0 fully saturated rings. The number of aromatic amines is 1. The number of nitrogens with one attached hydrogen (secondary N) is 1. The van der Waals surface area contributed by atoms with Gasteiger partial charge in [-0.2, -0.15) is 0 Å². The molecule has 1 aromatic heterocycles. The van der Waals surface area contributed by atoms with Crippen LogP contribution in [-0.4, -0.2) is 9.97 Å². The van der Waals surface area contributed by atoms with Crippen molar-refractivity contribution in [3.05, 3.63) is 18.5 Å². The quantitative estimate of drug-likeness (QED) is 0.482. The largest absolute Gasteiger partial charge is 0.397 e. The lowest BCUT2D eigenvalue weighted by molar-refractivity contribution is 1.34. The molecule has 56 valence electrons. The molecule has 4 nitrogen and oxygen atoms in total. The molecule has 0 aliphatic rings. The molecule has 0 aliphatic carbocycles. The van der Waals surface area contributed by atoms with E-state index in [2.05, 4.69) is 9.97 Å². The van der Waals surface area contributed by atoms with E-state index in [0.717, 1.165) is 11.0 Å². The lowest BCUT2D eigenvalue weighted by Gasteiger charge is -1.98. The molecule has 0 unspecified atom stereocenters. The van der Waals surface area contributed by atoms with Gasteiger partial charge in [0.1, 0.15) is 5.52 Å². The Bertz CT molecular complexity index is 390. The van der Waals surface area contributed by atoms with Crippen LogP contribution >= 0.6 is 0 Å². The van der Waals surface area contributed by atoms with Crippen molar-refractivity contribution in [3.8, 4) is 0 Å². The molecular formula is C7H8N4. The van der Waals surface area contributed by atoms with E-state index < -0.39 is 0 Å². The van der Waals surface area contributed by atoms with Crippen LogP contribution in [-0.2, 0) is 0 Å². The molecule has 0 saturated heterocycles. The summed E-state index contributed by atoms with van der Waals surface area (Å²) in [6, 6.07) is 3.61. The Morgan fingerprint density at radius 3 is 2.91 bits per heavy atom. The van der Waals surface area contributed by atoms with E-state index in [1.165, 1.54) is 0 Å². The minimum atomic E-state index is 0.545. The lowest BCUT2D eigenvalue weighted by atomic mass is 10.2. The molecule has 2 aromatic rings. The first-order valence-electron chi connectivity index (χ1n) is 3.26. The molecule has 1 aromatic carbocycles. The summed E-state index contributed by atoms with van der Waals surface area (Å²) in [5.74, 6) is 0. The zero-order valence-electron chi connectivity index (χ0n) is 5.83. The first-order valence-corrected chi connectivity index (χ1v) is 3.26. The van der Waals surface area contributed by atoms with E-state index in [-0.39, 0.29) is 0 Å². The van der Waals surface area contributed by atoms with E-state index in [1.807, 2.05) is 6.07 Å². The fourth-order valence-corrected chi connectivity index (χ4v) is 1.05. The average molecular weight is 148 g/mol. The second kappa shape index (κ2) is 1.88. The molecular weight excluding hydrogens is 140 g/mol. The molecule has 0 spiro atoms. The number of imidazole rings is 1. The summed E-state index contributed by atoms with van der Waals surface area (Å²) >= 11 is 0. The third-order valence-electron chi connectivity index (χ3n) is 1.66. The number of H-pyrrole nitrogens is 1. The van der Waals surface area contributed by atoms with Crippen LogP contribution in [0.2, 0.25) is 0 Å². The molecule has 11 heavy (non-hydrogen) atoms. The van der Waals surface area contributed by atoms with Gasteiger partial charge in [0.2, 0.25) is 0 Å². The maximum atomic E-state index is 5.66. The van der Waals surface area contributed by atoms with Gasteiger partial charge in [-0.05, 0) is 12.1 Å². The van der Waals surface area contributed by atoms with Crippen molar-refractivity contribution in [2.24, 2.45) is 0 Å². The molecule has 0 radical (unpaired) electrons. The molecule has 0 bridgehead atoms. The van der Waals surface area contributed by atoms with Crippen LogP contribution in [0.3, 0.4) is 0 Å². The minimum Gasteiger partial charge on any atom is -0.397 e. The van der Waals surface area contributed by atoms with Gasteiger partial charge in [-0.25, -0.2) is 4.98 Å². The SMILES string of the molecule is Nc1ccc2[nH]cnc2c1N. The van der Waals surface area contributed by atoms with Crippen LogP contribution in [0.5, 0.6) is 0 Å². The Morgan fingerprint density at radius 1 is 1.27 bits per heavy atom. The Hall–Kier alpha value is -1.71. The van der Waals surface area contributed by atoms with Crippen LogP contribution in [0.15, 0.2) is 18.5 Å². The van der Waals surface area contributed by atoms with Gasteiger partial charge >= 0.3 is 0 Å². The first-order chi connectivity index (χ1) is 5.29.